The Morgan fingerprint density at radius 3 is 2.34 bits per heavy atom. The van der Waals surface area contributed by atoms with Crippen LogP contribution in [-0.4, -0.2) is 50.6 Å². The summed E-state index contributed by atoms with van der Waals surface area (Å²) in [5.41, 5.74) is 8.30. The average Bonchev–Trinajstić information content (AvgIpc) is 3.34. The van der Waals surface area contributed by atoms with Crippen molar-refractivity contribution in [3.8, 4) is 5.75 Å². The number of nitrogens with one attached hydrogen (secondary N) is 1. The molecule has 38 heavy (non-hydrogen) atoms. The van der Waals surface area contributed by atoms with Crippen LogP contribution in [0.1, 0.15) is 24.0 Å². The molecule has 1 unspecified atom stereocenters. The van der Waals surface area contributed by atoms with Crippen LogP contribution < -0.4 is 15.8 Å². The van der Waals surface area contributed by atoms with Gasteiger partial charge < -0.3 is 10.5 Å². The molecular formula is C26H25ClN6O4S. The lowest BCUT2D eigenvalue weighted by Gasteiger charge is -2.16. The van der Waals surface area contributed by atoms with Gasteiger partial charge in [-0.25, -0.2) is 5.01 Å². The van der Waals surface area contributed by atoms with E-state index in [2.05, 4.69) is 14.7 Å². The van der Waals surface area contributed by atoms with Crippen LogP contribution in [0.3, 0.4) is 0 Å². The van der Waals surface area contributed by atoms with Crippen molar-refractivity contribution in [3.05, 3.63) is 95.0 Å². The Balaban J connectivity index is 1.82. The van der Waals surface area contributed by atoms with Crippen LogP contribution in [0, 0.1) is 0 Å². The summed E-state index contributed by atoms with van der Waals surface area (Å²) in [5.74, 6) is -0.867. The van der Waals surface area contributed by atoms with Crippen LogP contribution in [0.2, 0.25) is 5.02 Å². The van der Waals surface area contributed by atoms with Gasteiger partial charge in [-0.15, -0.1) is 4.40 Å². The van der Waals surface area contributed by atoms with Gasteiger partial charge in [-0.1, -0.05) is 54.1 Å². The number of hydrogen-bond acceptors (Lipinski definition) is 5. The molecule has 4 rings (SSSR count). The first-order valence-electron chi connectivity index (χ1n) is 11.4. The smallest absolute Gasteiger partial charge is 0.285 e. The quantitative estimate of drug-likeness (QED) is 0.367. The number of carbonyl (C=O) groups excluding carboxylic acids is 1. The van der Waals surface area contributed by atoms with Crippen molar-refractivity contribution in [2.75, 3.05) is 13.7 Å². The van der Waals surface area contributed by atoms with Gasteiger partial charge in [-0.05, 0) is 47.5 Å². The molecule has 1 atom stereocenters. The Kier molecular flexibility index (Phi) is 8.08. The number of hydrazone groups is 1. The molecule has 0 saturated heterocycles. The predicted octanol–water partition coefficient (Wildman–Crippen LogP) is 3.35. The van der Waals surface area contributed by atoms with Gasteiger partial charge in [-0.3, -0.25) is 10.1 Å². The first-order chi connectivity index (χ1) is 18.2. The highest BCUT2D eigenvalue weighted by Gasteiger charge is 2.32. The maximum Gasteiger partial charge on any atom is 0.285 e. The molecule has 1 heterocycles. The Labute approximate surface area is 225 Å². The summed E-state index contributed by atoms with van der Waals surface area (Å²) >= 11 is 6.09. The molecule has 1 aliphatic heterocycles. The molecule has 1 aliphatic rings. The second-order valence-corrected chi connectivity index (χ2v) is 10.3. The third-order valence-electron chi connectivity index (χ3n) is 5.57. The third-order valence-corrected chi connectivity index (χ3v) is 7.09. The topological polar surface area (TPSA) is 139 Å². The highest BCUT2D eigenvalue weighted by atomic mass is 35.5. The molecule has 0 aromatic heterocycles. The Bertz CT molecular complexity index is 1510. The van der Waals surface area contributed by atoms with Crippen molar-refractivity contribution in [2.24, 2.45) is 20.2 Å². The van der Waals surface area contributed by atoms with Crippen molar-refractivity contribution >= 4 is 45.2 Å². The van der Waals surface area contributed by atoms with E-state index in [1.165, 1.54) is 43.3 Å². The number of carbonyl (C=O) groups is 1. The van der Waals surface area contributed by atoms with E-state index in [0.717, 1.165) is 11.1 Å². The maximum atomic E-state index is 13.2. The molecule has 0 fully saturated rings. The van der Waals surface area contributed by atoms with E-state index >= 15 is 0 Å². The molecule has 12 heteroatoms. The molecule has 0 aliphatic carbocycles. The van der Waals surface area contributed by atoms with Crippen molar-refractivity contribution in [1.29, 1.82) is 0 Å². The number of nitrogens with zero attached hydrogens (tertiary/aromatic N) is 4. The number of amides is 1. The van der Waals surface area contributed by atoms with Gasteiger partial charge in [0.1, 0.15) is 5.75 Å². The number of nitrogens with two attached hydrogens (primary N) is 1. The number of rotatable bonds is 5. The SMILES string of the molecule is COc1ccc(S(=O)(=O)/N=C(/N=C(\N)NC(C)=O)N2CC(c3ccccc3)C(c3ccc(Cl)cc3)=N2)cc1. The minimum absolute atomic E-state index is 0.0789. The number of benzene rings is 3. The number of hydrogen-bond donors (Lipinski definition) is 2. The van der Waals surface area contributed by atoms with E-state index < -0.39 is 15.9 Å². The van der Waals surface area contributed by atoms with Gasteiger partial charge in [0.2, 0.25) is 11.9 Å². The zero-order valence-electron chi connectivity index (χ0n) is 20.6. The zero-order valence-corrected chi connectivity index (χ0v) is 22.1. The molecule has 3 aromatic carbocycles. The lowest BCUT2D eigenvalue weighted by molar-refractivity contribution is -0.117. The minimum Gasteiger partial charge on any atom is -0.497 e. The lowest BCUT2D eigenvalue weighted by atomic mass is 9.91. The Morgan fingerprint density at radius 2 is 1.74 bits per heavy atom. The normalized spacial score (nSPS) is 16.2. The summed E-state index contributed by atoms with van der Waals surface area (Å²) in [6.45, 7) is 1.47. The maximum absolute atomic E-state index is 13.2. The summed E-state index contributed by atoms with van der Waals surface area (Å²) in [7, 11) is -2.76. The molecular weight excluding hydrogens is 528 g/mol. The van der Waals surface area contributed by atoms with Gasteiger partial charge in [0.05, 0.1) is 24.3 Å². The zero-order chi connectivity index (χ0) is 27.3. The molecule has 0 radical (unpaired) electrons. The van der Waals surface area contributed by atoms with Crippen molar-refractivity contribution in [3.63, 3.8) is 0 Å². The second-order valence-electron chi connectivity index (χ2n) is 8.26. The number of guanidine groups is 2. The van der Waals surface area contributed by atoms with Crippen molar-refractivity contribution in [1.82, 2.24) is 10.3 Å². The van der Waals surface area contributed by atoms with Crippen LogP contribution in [0.5, 0.6) is 5.75 Å². The lowest BCUT2D eigenvalue weighted by Crippen LogP contribution is -2.37. The summed E-state index contributed by atoms with van der Waals surface area (Å²) in [5, 5.41) is 8.96. The number of halogens is 1. The number of methoxy groups -OCH3 is 1. The van der Waals surface area contributed by atoms with E-state index in [1.807, 2.05) is 42.5 Å². The van der Waals surface area contributed by atoms with Gasteiger partial charge in [0.15, 0.2) is 0 Å². The molecule has 3 aromatic rings. The van der Waals surface area contributed by atoms with Gasteiger partial charge in [-0.2, -0.15) is 18.5 Å². The van der Waals surface area contributed by atoms with Gasteiger partial charge in [0.25, 0.3) is 16.0 Å². The third kappa shape index (κ3) is 6.36. The molecule has 0 spiro atoms. The van der Waals surface area contributed by atoms with Gasteiger partial charge >= 0.3 is 0 Å². The van der Waals surface area contributed by atoms with Crippen LogP contribution in [0.25, 0.3) is 0 Å². The summed E-state index contributed by atoms with van der Waals surface area (Å²) in [6.07, 6.45) is 0. The van der Waals surface area contributed by atoms with E-state index in [1.54, 1.807) is 12.1 Å². The second kappa shape index (κ2) is 11.4. The van der Waals surface area contributed by atoms with Crippen LogP contribution >= 0.6 is 11.6 Å². The fourth-order valence-corrected chi connectivity index (χ4v) is 4.87. The standard InChI is InChI=1S/C26H25ClN6O4S/c1-17(34)29-25(28)30-26(32-38(35,36)22-14-12-21(37-2)13-15-22)33-16-23(18-6-4-3-5-7-18)24(31-33)19-8-10-20(27)11-9-19/h3-15,23H,16H2,1-2H3,(H3,28,29,30,32,34). The predicted molar refractivity (Wildman–Crippen MR) is 147 cm³/mol. The van der Waals surface area contributed by atoms with E-state index in [-0.39, 0.29) is 29.3 Å². The van der Waals surface area contributed by atoms with Crippen LogP contribution in [0.15, 0.2) is 98.2 Å². The summed E-state index contributed by atoms with van der Waals surface area (Å²) < 4.78 is 35.5. The molecule has 3 N–H and O–H groups in total. The number of sulfonamides is 1. The van der Waals surface area contributed by atoms with Crippen LogP contribution in [0.4, 0.5) is 0 Å². The Morgan fingerprint density at radius 1 is 1.08 bits per heavy atom. The Hall–Kier alpha value is -4.22. The monoisotopic (exact) mass is 552 g/mol. The molecule has 10 nitrogen and oxygen atoms in total. The summed E-state index contributed by atoms with van der Waals surface area (Å²) in [4.78, 5) is 15.6. The first-order valence-corrected chi connectivity index (χ1v) is 13.3. The highest BCUT2D eigenvalue weighted by molar-refractivity contribution is 7.90. The molecule has 196 valence electrons. The largest absolute Gasteiger partial charge is 0.497 e. The molecule has 1 amide bonds. The molecule has 0 saturated carbocycles. The van der Waals surface area contributed by atoms with Crippen molar-refractivity contribution < 1.29 is 17.9 Å². The minimum atomic E-state index is -4.24. The van der Waals surface area contributed by atoms with Gasteiger partial charge in [0, 0.05) is 17.9 Å². The fourth-order valence-electron chi connectivity index (χ4n) is 3.80. The fraction of sp³-hybridized carbons (Fsp3) is 0.154. The number of aliphatic imine (C=N–C) groups is 1. The highest BCUT2D eigenvalue weighted by Crippen LogP contribution is 2.30. The first kappa shape index (κ1) is 26.8. The molecule has 0 bridgehead atoms. The average molecular weight is 553 g/mol. The van der Waals surface area contributed by atoms with Crippen LogP contribution in [-0.2, 0) is 14.8 Å². The van der Waals surface area contributed by atoms with E-state index in [9.17, 15) is 13.2 Å². The van der Waals surface area contributed by atoms with E-state index in [0.29, 0.717) is 16.5 Å². The number of ether oxygens (including phenoxy) is 1. The van der Waals surface area contributed by atoms with E-state index in [4.69, 9.17) is 27.2 Å². The van der Waals surface area contributed by atoms with Crippen molar-refractivity contribution in [2.45, 2.75) is 17.7 Å². The summed E-state index contributed by atoms with van der Waals surface area (Å²) in [6, 6.07) is 22.6.